The first kappa shape index (κ1) is 20.8. The highest BCUT2D eigenvalue weighted by atomic mass is 35.5. The van der Waals surface area contributed by atoms with Crippen LogP contribution >= 0.6 is 35.0 Å². The van der Waals surface area contributed by atoms with Crippen LogP contribution in [0, 0.1) is 0 Å². The van der Waals surface area contributed by atoms with Gasteiger partial charge in [-0.3, -0.25) is 4.57 Å². The van der Waals surface area contributed by atoms with Crippen molar-refractivity contribution in [1.82, 2.24) is 14.8 Å². The molecular formula is C23H19Cl2N3OS. The lowest BCUT2D eigenvalue weighted by molar-refractivity contribution is 0.344. The minimum Gasteiger partial charge on any atom is -0.491 e. The van der Waals surface area contributed by atoms with E-state index in [0.717, 1.165) is 16.5 Å². The zero-order chi connectivity index (χ0) is 20.8. The van der Waals surface area contributed by atoms with Gasteiger partial charge in [0.15, 0.2) is 11.0 Å². The Morgan fingerprint density at radius 3 is 2.27 bits per heavy atom. The monoisotopic (exact) mass is 455 g/mol. The molecule has 4 nitrogen and oxygen atoms in total. The summed E-state index contributed by atoms with van der Waals surface area (Å²) in [5.41, 5.74) is 2.03. The summed E-state index contributed by atoms with van der Waals surface area (Å²) in [4.78, 5) is 0. The van der Waals surface area contributed by atoms with Gasteiger partial charge in [-0.25, -0.2) is 0 Å². The van der Waals surface area contributed by atoms with E-state index in [9.17, 15) is 0 Å². The maximum atomic E-state index is 6.43. The molecule has 0 N–H and O–H groups in total. The standard InChI is InChI=1S/C23H19Cl2N3OS/c24-19-11-5-4-10-18(19)22-26-27-23(28(22)16-17-8-2-1-3-9-17)30-15-14-29-21-13-7-6-12-20(21)25/h1-13H,14-16H2. The van der Waals surface area contributed by atoms with Gasteiger partial charge < -0.3 is 4.74 Å². The zero-order valence-electron chi connectivity index (χ0n) is 16.0. The molecule has 0 aliphatic heterocycles. The fourth-order valence-corrected chi connectivity index (χ4v) is 4.16. The third-order valence-corrected chi connectivity index (χ3v) is 6.00. The molecule has 0 saturated carbocycles. The molecule has 0 saturated heterocycles. The Bertz CT molecular complexity index is 1120. The van der Waals surface area contributed by atoms with Gasteiger partial charge in [0, 0.05) is 11.3 Å². The average molecular weight is 456 g/mol. The van der Waals surface area contributed by atoms with E-state index in [4.69, 9.17) is 27.9 Å². The van der Waals surface area contributed by atoms with Gasteiger partial charge in [-0.2, -0.15) is 0 Å². The second kappa shape index (κ2) is 10.0. The molecule has 1 heterocycles. The van der Waals surface area contributed by atoms with Crippen molar-refractivity contribution in [3.8, 4) is 17.1 Å². The van der Waals surface area contributed by atoms with Crippen LogP contribution in [0.2, 0.25) is 10.0 Å². The Labute approximate surface area is 189 Å². The Kier molecular flexibility index (Phi) is 6.95. The van der Waals surface area contributed by atoms with Crippen molar-refractivity contribution in [1.29, 1.82) is 0 Å². The molecule has 0 unspecified atom stereocenters. The van der Waals surface area contributed by atoms with Gasteiger partial charge in [-0.05, 0) is 29.8 Å². The lowest BCUT2D eigenvalue weighted by Gasteiger charge is -2.12. The van der Waals surface area contributed by atoms with Crippen molar-refractivity contribution in [3.05, 3.63) is 94.5 Å². The van der Waals surface area contributed by atoms with Gasteiger partial charge in [-0.1, -0.05) is 89.6 Å². The van der Waals surface area contributed by atoms with Crippen LogP contribution < -0.4 is 4.74 Å². The van der Waals surface area contributed by atoms with Crippen LogP contribution in [-0.2, 0) is 6.54 Å². The lowest BCUT2D eigenvalue weighted by atomic mass is 10.2. The number of ether oxygens (including phenoxy) is 1. The number of thioether (sulfide) groups is 1. The highest BCUT2D eigenvalue weighted by Crippen LogP contribution is 2.30. The molecule has 152 valence electrons. The van der Waals surface area contributed by atoms with Crippen molar-refractivity contribution < 1.29 is 4.74 Å². The fraction of sp³-hybridized carbons (Fsp3) is 0.130. The van der Waals surface area contributed by atoms with Gasteiger partial charge in [0.2, 0.25) is 0 Å². The first-order chi connectivity index (χ1) is 14.7. The molecule has 0 atom stereocenters. The largest absolute Gasteiger partial charge is 0.491 e. The van der Waals surface area contributed by atoms with Crippen molar-refractivity contribution >= 4 is 35.0 Å². The number of nitrogens with zero attached hydrogens (tertiary/aromatic N) is 3. The van der Waals surface area contributed by atoms with E-state index < -0.39 is 0 Å². The fourth-order valence-electron chi connectivity index (χ4n) is 2.99. The SMILES string of the molecule is Clc1ccccc1OCCSc1nnc(-c2ccccc2Cl)n1Cc1ccccc1. The molecule has 0 radical (unpaired) electrons. The van der Waals surface area contributed by atoms with E-state index >= 15 is 0 Å². The van der Waals surface area contributed by atoms with Crippen molar-refractivity contribution in [2.75, 3.05) is 12.4 Å². The van der Waals surface area contributed by atoms with Crippen molar-refractivity contribution in [2.45, 2.75) is 11.7 Å². The predicted octanol–water partition coefficient (Wildman–Crippen LogP) is 6.47. The Morgan fingerprint density at radius 1 is 0.800 bits per heavy atom. The molecule has 0 bridgehead atoms. The van der Waals surface area contributed by atoms with E-state index in [1.807, 2.05) is 66.7 Å². The summed E-state index contributed by atoms with van der Waals surface area (Å²) in [6.07, 6.45) is 0. The Hall–Kier alpha value is -2.47. The average Bonchev–Trinajstić information content (AvgIpc) is 3.15. The minimum absolute atomic E-state index is 0.508. The topological polar surface area (TPSA) is 39.9 Å². The van der Waals surface area contributed by atoms with Crippen LogP contribution in [-0.4, -0.2) is 27.1 Å². The number of halogens is 2. The van der Waals surface area contributed by atoms with Gasteiger partial charge in [-0.15, -0.1) is 10.2 Å². The first-order valence-corrected chi connectivity index (χ1v) is 11.2. The summed E-state index contributed by atoms with van der Waals surface area (Å²) in [5.74, 6) is 2.14. The van der Waals surface area contributed by atoms with Crippen molar-refractivity contribution in [2.24, 2.45) is 0 Å². The number of hydrogen-bond acceptors (Lipinski definition) is 4. The van der Waals surface area contributed by atoms with E-state index in [1.165, 1.54) is 5.56 Å². The van der Waals surface area contributed by atoms with Gasteiger partial charge in [0.25, 0.3) is 0 Å². The molecule has 4 rings (SSSR count). The number of hydrogen-bond donors (Lipinski definition) is 0. The molecule has 30 heavy (non-hydrogen) atoms. The molecule has 0 amide bonds. The quantitative estimate of drug-likeness (QED) is 0.225. The summed E-state index contributed by atoms with van der Waals surface area (Å²) >= 11 is 14.2. The molecule has 0 spiro atoms. The maximum absolute atomic E-state index is 6.43. The number of benzene rings is 3. The Balaban J connectivity index is 1.53. The van der Waals surface area contributed by atoms with Crippen LogP contribution in [0.15, 0.2) is 84.0 Å². The summed E-state index contributed by atoms with van der Waals surface area (Å²) in [6.45, 7) is 1.16. The van der Waals surface area contributed by atoms with Crippen molar-refractivity contribution in [3.63, 3.8) is 0 Å². The van der Waals surface area contributed by atoms with Gasteiger partial charge >= 0.3 is 0 Å². The van der Waals surface area contributed by atoms with Gasteiger partial charge in [0.1, 0.15) is 5.75 Å². The molecule has 7 heteroatoms. The number of aromatic nitrogens is 3. The second-order valence-corrected chi connectivity index (χ2v) is 8.36. The lowest BCUT2D eigenvalue weighted by Crippen LogP contribution is -2.06. The van der Waals surface area contributed by atoms with Crippen LogP contribution in [0.1, 0.15) is 5.56 Å². The van der Waals surface area contributed by atoms with E-state index in [-0.39, 0.29) is 0 Å². The highest BCUT2D eigenvalue weighted by Gasteiger charge is 2.17. The highest BCUT2D eigenvalue weighted by molar-refractivity contribution is 7.99. The third-order valence-electron chi connectivity index (χ3n) is 4.42. The molecule has 3 aromatic carbocycles. The minimum atomic E-state index is 0.508. The second-order valence-electron chi connectivity index (χ2n) is 6.49. The van der Waals surface area contributed by atoms with E-state index in [2.05, 4.69) is 26.9 Å². The predicted molar refractivity (Wildman–Crippen MR) is 124 cm³/mol. The van der Waals surface area contributed by atoms with Crippen LogP contribution in [0.25, 0.3) is 11.4 Å². The third kappa shape index (κ3) is 4.98. The van der Waals surface area contributed by atoms with Crippen LogP contribution in [0.5, 0.6) is 5.75 Å². The van der Waals surface area contributed by atoms with Crippen LogP contribution in [0.4, 0.5) is 0 Å². The number of rotatable bonds is 8. The molecular weight excluding hydrogens is 437 g/mol. The maximum Gasteiger partial charge on any atom is 0.191 e. The first-order valence-electron chi connectivity index (χ1n) is 9.44. The smallest absolute Gasteiger partial charge is 0.191 e. The summed E-state index contributed by atoms with van der Waals surface area (Å²) < 4.78 is 7.89. The molecule has 4 aromatic rings. The molecule has 0 aliphatic rings. The van der Waals surface area contributed by atoms with E-state index in [1.54, 1.807) is 11.8 Å². The summed E-state index contributed by atoms with van der Waals surface area (Å²) in [5, 5.41) is 10.9. The van der Waals surface area contributed by atoms with Crippen LogP contribution in [0.3, 0.4) is 0 Å². The molecule has 0 aliphatic carbocycles. The van der Waals surface area contributed by atoms with Gasteiger partial charge in [0.05, 0.1) is 23.2 Å². The summed E-state index contributed by atoms with van der Waals surface area (Å²) in [7, 11) is 0. The van der Waals surface area contributed by atoms with E-state index in [0.29, 0.717) is 34.7 Å². The molecule has 0 fully saturated rings. The zero-order valence-corrected chi connectivity index (χ0v) is 18.4. The summed E-state index contributed by atoms with van der Waals surface area (Å²) in [6, 6.07) is 25.4. The molecule has 1 aromatic heterocycles. The number of para-hydroxylation sites is 1. The normalized spacial score (nSPS) is 10.9. The Morgan fingerprint density at radius 2 is 1.50 bits per heavy atom.